The normalized spacial score (nSPS) is 17.2. The van der Waals surface area contributed by atoms with E-state index in [1.165, 1.54) is 25.7 Å². The monoisotopic (exact) mass is 382 g/mol. The van der Waals surface area contributed by atoms with Crippen LogP contribution in [-0.2, 0) is 0 Å². The topological polar surface area (TPSA) is 74.3 Å². The van der Waals surface area contributed by atoms with E-state index in [2.05, 4.69) is 15.6 Å². The van der Waals surface area contributed by atoms with E-state index < -0.39 is 0 Å². The standard InChI is InChI=1S/C20H22N4O2S/c25-18(17-6-3-11-21-19(17)27-16-4-1-2-5-16)23-14-7-9-15(10-8-14)24-13-12-22-20(24)26/h3,6-11,16H,1-2,4-5,12-13H2,(H,22,26)(H,23,25). The zero-order valence-corrected chi connectivity index (χ0v) is 15.8. The van der Waals surface area contributed by atoms with Crippen molar-refractivity contribution in [1.29, 1.82) is 0 Å². The van der Waals surface area contributed by atoms with Crippen LogP contribution >= 0.6 is 11.8 Å². The molecule has 4 rings (SSSR count). The van der Waals surface area contributed by atoms with E-state index in [1.807, 2.05) is 30.3 Å². The molecule has 1 aliphatic heterocycles. The number of thioether (sulfide) groups is 1. The van der Waals surface area contributed by atoms with Crippen molar-refractivity contribution in [3.05, 3.63) is 48.2 Å². The summed E-state index contributed by atoms with van der Waals surface area (Å²) in [6.45, 7) is 1.31. The van der Waals surface area contributed by atoms with Gasteiger partial charge in [-0.3, -0.25) is 9.69 Å². The second kappa shape index (κ2) is 8.00. The second-order valence-corrected chi connectivity index (χ2v) is 8.05. The Kier molecular flexibility index (Phi) is 5.29. The number of hydrogen-bond acceptors (Lipinski definition) is 4. The third-order valence-corrected chi connectivity index (χ3v) is 6.24. The fourth-order valence-corrected chi connectivity index (χ4v) is 4.76. The van der Waals surface area contributed by atoms with Crippen LogP contribution in [0, 0.1) is 0 Å². The molecule has 140 valence electrons. The SMILES string of the molecule is O=C(Nc1ccc(N2CCNC2=O)cc1)c1cccnc1SC1CCCC1. The van der Waals surface area contributed by atoms with Crippen molar-refractivity contribution in [2.45, 2.75) is 36.0 Å². The quantitative estimate of drug-likeness (QED) is 0.822. The predicted octanol–water partition coefficient (Wildman–Crippen LogP) is 3.90. The van der Waals surface area contributed by atoms with Crippen LogP contribution in [0.4, 0.5) is 16.2 Å². The molecule has 3 amide bonds. The van der Waals surface area contributed by atoms with Gasteiger partial charge in [0, 0.05) is 35.9 Å². The van der Waals surface area contributed by atoms with Crippen LogP contribution in [-0.4, -0.2) is 35.3 Å². The van der Waals surface area contributed by atoms with Gasteiger partial charge in [0.2, 0.25) is 0 Å². The van der Waals surface area contributed by atoms with Gasteiger partial charge in [-0.1, -0.05) is 12.8 Å². The molecule has 0 radical (unpaired) electrons. The first-order valence-electron chi connectivity index (χ1n) is 9.29. The number of pyridine rings is 1. The third-order valence-electron chi connectivity index (χ3n) is 4.89. The summed E-state index contributed by atoms with van der Waals surface area (Å²) in [6, 6.07) is 10.9. The highest BCUT2D eigenvalue weighted by molar-refractivity contribution is 7.99. The lowest BCUT2D eigenvalue weighted by Crippen LogP contribution is -2.27. The highest BCUT2D eigenvalue weighted by Crippen LogP contribution is 2.35. The lowest BCUT2D eigenvalue weighted by molar-refractivity contribution is 0.102. The molecular formula is C20H22N4O2S. The first-order chi connectivity index (χ1) is 13.2. The lowest BCUT2D eigenvalue weighted by atomic mass is 10.2. The summed E-state index contributed by atoms with van der Waals surface area (Å²) in [7, 11) is 0. The van der Waals surface area contributed by atoms with Crippen LogP contribution in [0.5, 0.6) is 0 Å². The van der Waals surface area contributed by atoms with Crippen LogP contribution in [0.25, 0.3) is 0 Å². The number of benzene rings is 1. The van der Waals surface area contributed by atoms with Crippen LogP contribution < -0.4 is 15.5 Å². The molecule has 7 heteroatoms. The van der Waals surface area contributed by atoms with E-state index in [9.17, 15) is 9.59 Å². The first kappa shape index (κ1) is 17.9. The van der Waals surface area contributed by atoms with Gasteiger partial charge in [-0.2, -0.15) is 0 Å². The molecule has 1 aromatic carbocycles. The number of hydrogen-bond donors (Lipinski definition) is 2. The number of nitrogens with zero attached hydrogens (tertiary/aromatic N) is 2. The average molecular weight is 382 g/mol. The molecule has 0 spiro atoms. The molecule has 1 saturated carbocycles. The van der Waals surface area contributed by atoms with Crippen molar-refractivity contribution in [3.8, 4) is 0 Å². The molecule has 1 aliphatic carbocycles. The fraction of sp³-hybridized carbons (Fsp3) is 0.350. The highest BCUT2D eigenvalue weighted by atomic mass is 32.2. The summed E-state index contributed by atoms with van der Waals surface area (Å²) in [4.78, 5) is 30.6. The van der Waals surface area contributed by atoms with Crippen LogP contribution in [0.1, 0.15) is 36.0 Å². The van der Waals surface area contributed by atoms with Gasteiger partial charge < -0.3 is 10.6 Å². The average Bonchev–Trinajstić information content (AvgIpc) is 3.34. The number of anilines is 2. The molecule has 2 fully saturated rings. The Hall–Kier alpha value is -2.54. The van der Waals surface area contributed by atoms with Gasteiger partial charge in [0.1, 0.15) is 5.03 Å². The maximum Gasteiger partial charge on any atom is 0.321 e. The van der Waals surface area contributed by atoms with Gasteiger partial charge in [-0.05, 0) is 49.2 Å². The summed E-state index contributed by atoms with van der Waals surface area (Å²) in [6.07, 6.45) is 6.63. The van der Waals surface area contributed by atoms with E-state index in [4.69, 9.17) is 0 Å². The Morgan fingerprint density at radius 3 is 2.67 bits per heavy atom. The van der Waals surface area contributed by atoms with E-state index in [-0.39, 0.29) is 11.9 Å². The third kappa shape index (κ3) is 4.08. The molecule has 0 atom stereocenters. The van der Waals surface area contributed by atoms with Crippen LogP contribution in [0.3, 0.4) is 0 Å². The number of amides is 3. The summed E-state index contributed by atoms with van der Waals surface area (Å²) in [5.74, 6) is -0.157. The van der Waals surface area contributed by atoms with E-state index >= 15 is 0 Å². The lowest BCUT2D eigenvalue weighted by Gasteiger charge is -2.15. The summed E-state index contributed by atoms with van der Waals surface area (Å²) in [5.41, 5.74) is 2.13. The Balaban J connectivity index is 1.45. The minimum Gasteiger partial charge on any atom is -0.336 e. The Labute approximate surface area is 162 Å². The first-order valence-corrected chi connectivity index (χ1v) is 10.2. The van der Waals surface area contributed by atoms with E-state index in [0.717, 1.165) is 10.7 Å². The van der Waals surface area contributed by atoms with Crippen molar-refractivity contribution < 1.29 is 9.59 Å². The smallest absolute Gasteiger partial charge is 0.321 e. The van der Waals surface area contributed by atoms with Crippen LogP contribution in [0.2, 0.25) is 0 Å². The number of urea groups is 1. The molecule has 2 aliphatic rings. The molecule has 2 heterocycles. The van der Waals surface area contributed by atoms with Gasteiger partial charge in [0.05, 0.1) is 5.56 Å². The minimum absolute atomic E-state index is 0.0873. The zero-order valence-electron chi connectivity index (χ0n) is 15.0. The van der Waals surface area contributed by atoms with Gasteiger partial charge in [-0.25, -0.2) is 9.78 Å². The van der Waals surface area contributed by atoms with Crippen molar-refractivity contribution in [2.75, 3.05) is 23.3 Å². The summed E-state index contributed by atoms with van der Waals surface area (Å²) in [5, 5.41) is 7.07. The minimum atomic E-state index is -0.157. The van der Waals surface area contributed by atoms with E-state index in [0.29, 0.717) is 29.6 Å². The molecule has 1 saturated heterocycles. The summed E-state index contributed by atoms with van der Waals surface area (Å²) < 4.78 is 0. The van der Waals surface area contributed by atoms with Crippen molar-refractivity contribution in [2.24, 2.45) is 0 Å². The second-order valence-electron chi connectivity index (χ2n) is 6.76. The van der Waals surface area contributed by atoms with Gasteiger partial charge in [-0.15, -0.1) is 11.8 Å². The largest absolute Gasteiger partial charge is 0.336 e. The molecule has 2 N–H and O–H groups in total. The van der Waals surface area contributed by atoms with Crippen molar-refractivity contribution >= 4 is 35.1 Å². The van der Waals surface area contributed by atoms with Gasteiger partial charge in [0.25, 0.3) is 5.91 Å². The number of carbonyl (C=O) groups is 2. The number of aromatic nitrogens is 1. The van der Waals surface area contributed by atoms with Crippen LogP contribution in [0.15, 0.2) is 47.6 Å². The molecule has 1 aromatic heterocycles. The molecule has 6 nitrogen and oxygen atoms in total. The van der Waals surface area contributed by atoms with Crippen molar-refractivity contribution in [3.63, 3.8) is 0 Å². The Morgan fingerprint density at radius 2 is 1.96 bits per heavy atom. The predicted molar refractivity (Wildman–Crippen MR) is 107 cm³/mol. The zero-order chi connectivity index (χ0) is 18.6. The van der Waals surface area contributed by atoms with Gasteiger partial charge >= 0.3 is 6.03 Å². The summed E-state index contributed by atoms with van der Waals surface area (Å²) >= 11 is 1.71. The molecular weight excluding hydrogens is 360 g/mol. The maximum absolute atomic E-state index is 12.8. The number of carbonyl (C=O) groups excluding carboxylic acids is 2. The van der Waals surface area contributed by atoms with E-state index in [1.54, 1.807) is 28.9 Å². The molecule has 0 unspecified atom stereocenters. The Morgan fingerprint density at radius 1 is 1.19 bits per heavy atom. The molecule has 0 bridgehead atoms. The fourth-order valence-electron chi connectivity index (χ4n) is 3.46. The molecule has 27 heavy (non-hydrogen) atoms. The number of nitrogens with one attached hydrogen (secondary N) is 2. The van der Waals surface area contributed by atoms with Gasteiger partial charge in [0.15, 0.2) is 0 Å². The highest BCUT2D eigenvalue weighted by Gasteiger charge is 2.22. The van der Waals surface area contributed by atoms with Crippen molar-refractivity contribution in [1.82, 2.24) is 10.3 Å². The number of rotatable bonds is 5. The Bertz CT molecular complexity index is 834. The maximum atomic E-state index is 12.8. The molecule has 2 aromatic rings.